The molecule has 1 fully saturated rings. The molecule has 1 aliphatic carbocycles. The average molecular weight is 544 g/mol. The molecule has 1 aliphatic rings. The molecule has 8 nitrogen and oxygen atoms in total. The van der Waals surface area contributed by atoms with Crippen molar-refractivity contribution in [3.05, 3.63) is 53.3 Å². The number of fused-ring (bicyclic) bond motifs is 1. The first kappa shape index (κ1) is 27.5. The predicted molar refractivity (Wildman–Crippen MR) is 141 cm³/mol. The maximum atomic E-state index is 13.6. The SMILES string of the molecule is CCC(=O)c1c(-c2ccc(F)cc2)oc2cc(N(CC(=O)CC(C)(C)C(=O)O)S(C)(=O)=O)c(C3CC3)cc12. The Bertz CT molecular complexity index is 1530. The van der Waals surface area contributed by atoms with Crippen LogP contribution in [0.5, 0.6) is 0 Å². The number of aliphatic carboxylic acids is 1. The fraction of sp³-hybridized carbons (Fsp3) is 0.393. The molecule has 1 heterocycles. The van der Waals surface area contributed by atoms with E-state index in [0.717, 1.165) is 23.4 Å². The third-order valence-corrected chi connectivity index (χ3v) is 7.89. The molecule has 10 heteroatoms. The monoisotopic (exact) mass is 543 g/mol. The van der Waals surface area contributed by atoms with Crippen molar-refractivity contribution in [1.82, 2.24) is 0 Å². The summed E-state index contributed by atoms with van der Waals surface area (Å²) in [4.78, 5) is 37.4. The molecular formula is C28H30FNO7S. The summed E-state index contributed by atoms with van der Waals surface area (Å²) < 4.78 is 46.5. The molecule has 1 N–H and O–H groups in total. The van der Waals surface area contributed by atoms with Gasteiger partial charge in [-0.3, -0.25) is 18.7 Å². The van der Waals surface area contributed by atoms with Gasteiger partial charge in [-0.15, -0.1) is 0 Å². The molecule has 2 aromatic carbocycles. The number of sulfonamides is 1. The predicted octanol–water partition coefficient (Wildman–Crippen LogP) is 5.55. The Hall–Kier alpha value is -3.53. The Labute approximate surface area is 220 Å². The van der Waals surface area contributed by atoms with Gasteiger partial charge in [-0.1, -0.05) is 6.92 Å². The van der Waals surface area contributed by atoms with Crippen LogP contribution in [0.4, 0.5) is 10.1 Å². The van der Waals surface area contributed by atoms with Crippen LogP contribution in [0, 0.1) is 11.2 Å². The number of nitrogens with zero attached hydrogens (tertiary/aromatic N) is 1. The van der Waals surface area contributed by atoms with Crippen LogP contribution < -0.4 is 4.31 Å². The molecule has 1 aromatic heterocycles. The van der Waals surface area contributed by atoms with E-state index in [9.17, 15) is 32.3 Å². The number of hydrogen-bond acceptors (Lipinski definition) is 6. The van der Waals surface area contributed by atoms with Crippen LogP contribution >= 0.6 is 0 Å². The van der Waals surface area contributed by atoms with E-state index in [4.69, 9.17) is 4.42 Å². The van der Waals surface area contributed by atoms with Gasteiger partial charge >= 0.3 is 5.97 Å². The number of carbonyl (C=O) groups is 3. The standard InChI is InChI=1S/C28H30FNO7S/c1-5-23(32)25-21-12-20(16-6-7-16)22(13-24(21)37-26(25)17-8-10-18(29)11-9-17)30(38(4,35)36)15-19(31)14-28(2,3)27(33)34/h8-13,16H,5-7,14-15H2,1-4H3,(H,33,34). The summed E-state index contributed by atoms with van der Waals surface area (Å²) in [6.07, 6.45) is 2.47. The number of ketones is 2. The minimum Gasteiger partial charge on any atom is -0.481 e. The number of benzene rings is 2. The molecule has 38 heavy (non-hydrogen) atoms. The molecule has 0 spiro atoms. The summed E-state index contributed by atoms with van der Waals surface area (Å²) in [5.41, 5.74) is 0.674. The lowest BCUT2D eigenvalue weighted by molar-refractivity contribution is -0.149. The van der Waals surface area contributed by atoms with Crippen molar-refractivity contribution in [2.45, 2.75) is 52.4 Å². The smallest absolute Gasteiger partial charge is 0.309 e. The normalized spacial score (nSPS) is 14.0. The molecule has 0 unspecified atom stereocenters. The Morgan fingerprint density at radius 2 is 1.76 bits per heavy atom. The number of halogens is 1. The molecule has 0 atom stereocenters. The van der Waals surface area contributed by atoms with E-state index in [-0.39, 0.29) is 41.6 Å². The van der Waals surface area contributed by atoms with Crippen molar-refractivity contribution in [2.24, 2.45) is 5.41 Å². The van der Waals surface area contributed by atoms with Crippen LogP contribution in [0.25, 0.3) is 22.3 Å². The number of rotatable bonds is 11. The quantitative estimate of drug-likeness (QED) is 0.315. The van der Waals surface area contributed by atoms with E-state index in [0.29, 0.717) is 22.1 Å². The molecule has 0 amide bonds. The van der Waals surface area contributed by atoms with E-state index in [2.05, 4.69) is 0 Å². The third kappa shape index (κ3) is 5.50. The topological polar surface area (TPSA) is 122 Å². The number of carbonyl (C=O) groups excluding carboxylic acids is 2. The van der Waals surface area contributed by atoms with Gasteiger partial charge in [0.2, 0.25) is 10.0 Å². The highest BCUT2D eigenvalue weighted by molar-refractivity contribution is 7.92. The van der Waals surface area contributed by atoms with Crippen LogP contribution in [-0.2, 0) is 19.6 Å². The molecule has 0 saturated heterocycles. The number of hydrogen-bond donors (Lipinski definition) is 1. The summed E-state index contributed by atoms with van der Waals surface area (Å²) in [7, 11) is -3.95. The number of carboxylic acids is 1. The Morgan fingerprint density at radius 1 is 1.13 bits per heavy atom. The first-order valence-corrected chi connectivity index (χ1v) is 14.2. The lowest BCUT2D eigenvalue weighted by Crippen LogP contribution is -2.38. The van der Waals surface area contributed by atoms with Crippen LogP contribution in [0.3, 0.4) is 0 Å². The minimum absolute atomic E-state index is 0.0398. The van der Waals surface area contributed by atoms with Crippen molar-refractivity contribution >= 4 is 44.2 Å². The lowest BCUT2D eigenvalue weighted by Gasteiger charge is -2.26. The summed E-state index contributed by atoms with van der Waals surface area (Å²) in [6.45, 7) is 4.01. The lowest BCUT2D eigenvalue weighted by atomic mass is 9.87. The second-order valence-corrected chi connectivity index (χ2v) is 12.4. The fourth-order valence-electron chi connectivity index (χ4n) is 4.51. The van der Waals surface area contributed by atoms with Crippen LogP contribution in [0.1, 0.15) is 68.3 Å². The Balaban J connectivity index is 1.88. The van der Waals surface area contributed by atoms with E-state index in [1.54, 1.807) is 13.0 Å². The third-order valence-electron chi connectivity index (χ3n) is 6.77. The van der Waals surface area contributed by atoms with Crippen molar-refractivity contribution in [3.8, 4) is 11.3 Å². The van der Waals surface area contributed by atoms with Gasteiger partial charge in [-0.05, 0) is 68.5 Å². The van der Waals surface area contributed by atoms with Gasteiger partial charge in [0, 0.05) is 29.9 Å². The Morgan fingerprint density at radius 3 is 2.29 bits per heavy atom. The highest BCUT2D eigenvalue weighted by atomic mass is 32.2. The zero-order chi connectivity index (χ0) is 28.0. The summed E-state index contributed by atoms with van der Waals surface area (Å²) in [5.74, 6) is -2.02. The van der Waals surface area contributed by atoms with Crippen LogP contribution in [0.2, 0.25) is 0 Å². The van der Waals surface area contributed by atoms with Gasteiger partial charge < -0.3 is 9.52 Å². The zero-order valence-electron chi connectivity index (χ0n) is 21.7. The number of anilines is 1. The number of Topliss-reactive ketones (excluding diaryl/α,β-unsaturated/α-hetero) is 2. The van der Waals surface area contributed by atoms with E-state index in [1.807, 2.05) is 0 Å². The number of carboxylic acid groups (broad SMARTS) is 1. The molecule has 3 aromatic rings. The highest BCUT2D eigenvalue weighted by Crippen LogP contribution is 2.48. The molecule has 1 saturated carbocycles. The van der Waals surface area contributed by atoms with Gasteiger partial charge in [0.25, 0.3) is 0 Å². The van der Waals surface area contributed by atoms with Crippen LogP contribution in [-0.4, -0.2) is 43.9 Å². The van der Waals surface area contributed by atoms with E-state index >= 15 is 0 Å². The molecule has 0 aliphatic heterocycles. The van der Waals surface area contributed by atoms with Gasteiger partial charge in [-0.2, -0.15) is 0 Å². The molecule has 4 rings (SSSR count). The summed E-state index contributed by atoms with van der Waals surface area (Å²) in [6, 6.07) is 8.82. The second-order valence-electron chi connectivity index (χ2n) is 10.4. The highest BCUT2D eigenvalue weighted by Gasteiger charge is 2.36. The van der Waals surface area contributed by atoms with Crippen molar-refractivity contribution < 1.29 is 36.7 Å². The van der Waals surface area contributed by atoms with Gasteiger partial charge in [0.15, 0.2) is 11.6 Å². The molecule has 202 valence electrons. The average Bonchev–Trinajstić information content (AvgIpc) is 3.61. The van der Waals surface area contributed by atoms with Gasteiger partial charge in [-0.25, -0.2) is 12.8 Å². The van der Waals surface area contributed by atoms with E-state index < -0.39 is 39.6 Å². The van der Waals surface area contributed by atoms with Crippen molar-refractivity contribution in [1.29, 1.82) is 0 Å². The van der Waals surface area contributed by atoms with Gasteiger partial charge in [0.05, 0.1) is 29.5 Å². The Kier molecular flexibility index (Phi) is 7.22. The second kappa shape index (κ2) is 9.98. The zero-order valence-corrected chi connectivity index (χ0v) is 22.5. The maximum absolute atomic E-state index is 13.6. The van der Waals surface area contributed by atoms with Crippen molar-refractivity contribution in [2.75, 3.05) is 17.1 Å². The molecule has 0 bridgehead atoms. The van der Waals surface area contributed by atoms with Crippen molar-refractivity contribution in [3.63, 3.8) is 0 Å². The first-order chi connectivity index (χ1) is 17.7. The summed E-state index contributed by atoms with van der Waals surface area (Å²) >= 11 is 0. The fourth-order valence-corrected chi connectivity index (χ4v) is 5.40. The summed E-state index contributed by atoms with van der Waals surface area (Å²) in [5, 5.41) is 9.92. The van der Waals surface area contributed by atoms with Gasteiger partial charge in [0.1, 0.15) is 17.2 Å². The minimum atomic E-state index is -3.95. The number of furan rings is 1. The maximum Gasteiger partial charge on any atom is 0.309 e. The molecular weight excluding hydrogens is 513 g/mol. The van der Waals surface area contributed by atoms with E-state index in [1.165, 1.54) is 44.2 Å². The molecule has 0 radical (unpaired) electrons. The van der Waals surface area contributed by atoms with Crippen LogP contribution in [0.15, 0.2) is 40.8 Å². The first-order valence-electron chi connectivity index (χ1n) is 12.3. The largest absolute Gasteiger partial charge is 0.481 e.